The Morgan fingerprint density at radius 2 is 2.14 bits per heavy atom. The number of nitro groups is 1. The van der Waals surface area contributed by atoms with Crippen LogP contribution in [0.25, 0.3) is 0 Å². The van der Waals surface area contributed by atoms with Gasteiger partial charge in [-0.3, -0.25) is 19.7 Å². The van der Waals surface area contributed by atoms with Crippen molar-refractivity contribution in [1.82, 2.24) is 5.32 Å². The molecule has 1 saturated heterocycles. The molecule has 28 heavy (non-hydrogen) atoms. The van der Waals surface area contributed by atoms with E-state index >= 15 is 0 Å². The van der Waals surface area contributed by atoms with Gasteiger partial charge in [-0.1, -0.05) is 23.9 Å². The fourth-order valence-corrected chi connectivity index (χ4v) is 3.43. The monoisotopic (exact) mass is 402 g/mol. The van der Waals surface area contributed by atoms with E-state index in [1.807, 2.05) is 0 Å². The predicted octanol–water partition coefficient (Wildman–Crippen LogP) is 3.29. The number of hydrogen-bond donors (Lipinski definition) is 2. The van der Waals surface area contributed by atoms with Crippen LogP contribution in [0.15, 0.2) is 47.5 Å². The summed E-state index contributed by atoms with van der Waals surface area (Å²) in [7, 11) is 0. The first-order chi connectivity index (χ1) is 13.3. The van der Waals surface area contributed by atoms with Crippen LogP contribution in [-0.4, -0.2) is 27.2 Å². The third-order valence-electron chi connectivity index (χ3n) is 3.87. The maximum atomic E-state index is 13.6. The van der Waals surface area contributed by atoms with Gasteiger partial charge in [-0.15, -0.1) is 0 Å². The van der Waals surface area contributed by atoms with Crippen molar-refractivity contribution < 1.29 is 18.9 Å². The Morgan fingerprint density at radius 1 is 1.36 bits per heavy atom. The standard InChI is InChI=1S/C18H15FN4O4S/c1-10-5-6-12(8-14(10)19)21-18-22-17(25)15(28-18)9-16(24)20-11-3-2-4-13(7-11)23(26)27/h2-8,15H,9H2,1H3,(H,20,24)(H,21,22,25)/t15-/m1/s1. The number of amidine groups is 1. The molecule has 10 heteroatoms. The molecule has 0 unspecified atom stereocenters. The molecule has 0 aromatic heterocycles. The zero-order valence-electron chi connectivity index (χ0n) is 14.6. The first kappa shape index (κ1) is 19.5. The van der Waals surface area contributed by atoms with Gasteiger partial charge < -0.3 is 10.6 Å². The molecule has 1 atom stereocenters. The number of benzene rings is 2. The molecular weight excluding hydrogens is 387 g/mol. The van der Waals surface area contributed by atoms with E-state index in [4.69, 9.17) is 0 Å². The van der Waals surface area contributed by atoms with Crippen molar-refractivity contribution in [3.8, 4) is 0 Å². The summed E-state index contributed by atoms with van der Waals surface area (Å²) < 4.78 is 13.6. The van der Waals surface area contributed by atoms with Gasteiger partial charge in [0, 0.05) is 24.2 Å². The topological polar surface area (TPSA) is 114 Å². The molecule has 0 aliphatic carbocycles. The molecule has 3 rings (SSSR count). The number of nitro benzene ring substituents is 1. The Hall–Kier alpha value is -3.27. The van der Waals surface area contributed by atoms with E-state index in [-0.39, 0.29) is 28.9 Å². The van der Waals surface area contributed by atoms with Crippen LogP contribution >= 0.6 is 11.8 Å². The minimum Gasteiger partial charge on any atom is -0.326 e. The lowest BCUT2D eigenvalue weighted by Gasteiger charge is -2.07. The highest BCUT2D eigenvalue weighted by Crippen LogP contribution is 2.26. The molecule has 1 aliphatic rings. The second kappa shape index (κ2) is 8.17. The minimum absolute atomic E-state index is 0.138. The van der Waals surface area contributed by atoms with Gasteiger partial charge in [-0.05, 0) is 30.7 Å². The van der Waals surface area contributed by atoms with Crippen molar-refractivity contribution in [3.63, 3.8) is 0 Å². The number of carbonyl (C=O) groups is 2. The number of carbonyl (C=O) groups excluding carboxylic acids is 2. The maximum Gasteiger partial charge on any atom is 0.271 e. The van der Waals surface area contributed by atoms with Crippen LogP contribution in [0, 0.1) is 22.9 Å². The Bertz CT molecular complexity index is 995. The third-order valence-corrected chi connectivity index (χ3v) is 4.96. The van der Waals surface area contributed by atoms with Crippen LogP contribution in [-0.2, 0) is 9.59 Å². The van der Waals surface area contributed by atoms with Gasteiger partial charge in [0.15, 0.2) is 5.17 Å². The van der Waals surface area contributed by atoms with Gasteiger partial charge in [-0.25, -0.2) is 9.38 Å². The van der Waals surface area contributed by atoms with Gasteiger partial charge in [0.2, 0.25) is 11.8 Å². The van der Waals surface area contributed by atoms with Crippen LogP contribution in [0.4, 0.5) is 21.5 Å². The smallest absolute Gasteiger partial charge is 0.271 e. The normalized spacial score (nSPS) is 17.4. The van der Waals surface area contributed by atoms with Crippen molar-refractivity contribution >= 4 is 45.8 Å². The van der Waals surface area contributed by atoms with E-state index in [2.05, 4.69) is 15.6 Å². The number of nitrogens with zero attached hydrogens (tertiary/aromatic N) is 2. The Balaban J connectivity index is 1.63. The zero-order valence-corrected chi connectivity index (χ0v) is 15.5. The van der Waals surface area contributed by atoms with Crippen LogP contribution in [0.3, 0.4) is 0 Å². The van der Waals surface area contributed by atoms with Crippen molar-refractivity contribution in [3.05, 3.63) is 64.0 Å². The molecule has 1 fully saturated rings. The molecule has 0 saturated carbocycles. The summed E-state index contributed by atoms with van der Waals surface area (Å²) in [5.41, 5.74) is 0.965. The van der Waals surface area contributed by atoms with Crippen molar-refractivity contribution in [1.29, 1.82) is 0 Å². The molecule has 8 nitrogen and oxygen atoms in total. The van der Waals surface area contributed by atoms with E-state index in [0.717, 1.165) is 11.8 Å². The lowest BCUT2D eigenvalue weighted by molar-refractivity contribution is -0.384. The highest BCUT2D eigenvalue weighted by atomic mass is 32.2. The van der Waals surface area contributed by atoms with Crippen molar-refractivity contribution in [2.75, 3.05) is 5.32 Å². The van der Waals surface area contributed by atoms with E-state index in [1.54, 1.807) is 19.1 Å². The van der Waals surface area contributed by atoms with E-state index in [1.165, 1.54) is 30.3 Å². The number of amides is 2. The van der Waals surface area contributed by atoms with Crippen LogP contribution in [0.1, 0.15) is 12.0 Å². The quantitative estimate of drug-likeness (QED) is 0.588. The number of aryl methyl sites for hydroxylation is 1. The summed E-state index contributed by atoms with van der Waals surface area (Å²) in [6.07, 6.45) is -0.138. The molecule has 1 aliphatic heterocycles. The number of halogens is 1. The predicted molar refractivity (Wildman–Crippen MR) is 104 cm³/mol. The number of non-ortho nitro benzene ring substituents is 1. The average molecular weight is 402 g/mol. The largest absolute Gasteiger partial charge is 0.326 e. The number of anilines is 1. The molecule has 2 aromatic carbocycles. The molecule has 2 amide bonds. The number of hydrogen-bond acceptors (Lipinski definition) is 6. The summed E-state index contributed by atoms with van der Waals surface area (Å²) >= 11 is 1.07. The highest BCUT2D eigenvalue weighted by Gasteiger charge is 2.32. The van der Waals surface area contributed by atoms with Crippen LogP contribution in [0.2, 0.25) is 0 Å². The molecule has 2 N–H and O–H groups in total. The first-order valence-corrected chi connectivity index (χ1v) is 9.06. The second-order valence-electron chi connectivity index (χ2n) is 6.01. The van der Waals surface area contributed by atoms with Gasteiger partial charge in [0.25, 0.3) is 5.69 Å². The van der Waals surface area contributed by atoms with Gasteiger partial charge in [-0.2, -0.15) is 0 Å². The SMILES string of the molecule is Cc1ccc(N=C2NC(=O)[C@@H](CC(=O)Nc3cccc([N+](=O)[O-])c3)S2)cc1F. The summed E-state index contributed by atoms with van der Waals surface area (Å²) in [5.74, 6) is -1.25. The average Bonchev–Trinajstić information content (AvgIpc) is 2.97. The first-order valence-electron chi connectivity index (χ1n) is 8.18. The number of rotatable bonds is 5. The summed E-state index contributed by atoms with van der Waals surface area (Å²) in [4.78, 5) is 38.7. The second-order valence-corrected chi connectivity index (χ2v) is 7.20. The number of nitrogens with one attached hydrogen (secondary N) is 2. The number of thioether (sulfide) groups is 1. The van der Waals surface area contributed by atoms with Crippen LogP contribution in [0.5, 0.6) is 0 Å². The third kappa shape index (κ3) is 4.71. The summed E-state index contributed by atoms with van der Waals surface area (Å²) in [5, 5.41) is 15.5. The van der Waals surface area contributed by atoms with Crippen LogP contribution < -0.4 is 10.6 Å². The maximum absolute atomic E-state index is 13.6. The van der Waals surface area contributed by atoms with E-state index < -0.39 is 21.9 Å². The fraction of sp³-hybridized carbons (Fsp3) is 0.167. The minimum atomic E-state index is -0.701. The van der Waals surface area contributed by atoms with Crippen molar-refractivity contribution in [2.24, 2.45) is 4.99 Å². The Kier molecular flexibility index (Phi) is 5.69. The molecule has 0 bridgehead atoms. The molecular formula is C18H15FN4O4S. The fourth-order valence-electron chi connectivity index (χ4n) is 2.44. The Morgan fingerprint density at radius 3 is 2.86 bits per heavy atom. The lowest BCUT2D eigenvalue weighted by Crippen LogP contribution is -2.28. The van der Waals surface area contributed by atoms with E-state index in [0.29, 0.717) is 11.3 Å². The van der Waals surface area contributed by atoms with Gasteiger partial charge >= 0.3 is 0 Å². The molecule has 144 valence electrons. The van der Waals surface area contributed by atoms with Gasteiger partial charge in [0.05, 0.1) is 10.6 Å². The summed E-state index contributed by atoms with van der Waals surface area (Å²) in [6.45, 7) is 1.63. The molecule has 2 aromatic rings. The van der Waals surface area contributed by atoms with E-state index in [9.17, 15) is 24.1 Å². The van der Waals surface area contributed by atoms with Gasteiger partial charge in [0.1, 0.15) is 11.1 Å². The highest BCUT2D eigenvalue weighted by molar-refractivity contribution is 8.15. The van der Waals surface area contributed by atoms with Crippen molar-refractivity contribution in [2.45, 2.75) is 18.6 Å². The molecule has 0 radical (unpaired) electrons. The molecule has 0 spiro atoms. The zero-order chi connectivity index (χ0) is 20.3. The summed E-state index contributed by atoms with van der Waals surface area (Å²) in [6, 6.07) is 9.99. The number of aliphatic imine (C=N–C) groups is 1. The molecule has 1 heterocycles. The lowest BCUT2D eigenvalue weighted by atomic mass is 10.2. The Labute approximate surface area is 163 Å².